The number of aromatic nitrogens is 6. The van der Waals surface area contributed by atoms with E-state index in [-0.39, 0.29) is 40.9 Å². The van der Waals surface area contributed by atoms with Crippen LogP contribution in [0, 0.1) is 5.92 Å². The van der Waals surface area contributed by atoms with E-state index in [4.69, 9.17) is 4.11 Å². The van der Waals surface area contributed by atoms with Gasteiger partial charge in [0.05, 0.1) is 17.4 Å². The summed E-state index contributed by atoms with van der Waals surface area (Å²) >= 11 is 0. The van der Waals surface area contributed by atoms with Crippen LogP contribution in [-0.2, 0) is 17.5 Å². The molecule has 1 atom stereocenters. The van der Waals surface area contributed by atoms with Crippen molar-refractivity contribution >= 4 is 34.8 Å². The summed E-state index contributed by atoms with van der Waals surface area (Å²) in [5.74, 6) is -0.997. The molecule has 37 heavy (non-hydrogen) atoms. The first-order chi connectivity index (χ1) is 18.8. The minimum atomic E-state index is -2.77. The van der Waals surface area contributed by atoms with Crippen molar-refractivity contribution in [3.8, 4) is 11.3 Å². The van der Waals surface area contributed by atoms with Crippen molar-refractivity contribution in [3.05, 3.63) is 29.2 Å². The van der Waals surface area contributed by atoms with Crippen LogP contribution in [0.1, 0.15) is 64.5 Å². The second-order valence-electron chi connectivity index (χ2n) is 9.75. The molecule has 3 aromatic heterocycles. The Bertz CT molecular complexity index is 1550. The quantitative estimate of drug-likeness (QED) is 0.457. The summed E-state index contributed by atoms with van der Waals surface area (Å²) in [6.07, 6.45) is 3.72. The van der Waals surface area contributed by atoms with Crippen LogP contribution in [0.15, 0.2) is 12.3 Å². The van der Waals surface area contributed by atoms with Crippen LogP contribution in [0.5, 0.6) is 0 Å². The summed E-state index contributed by atoms with van der Waals surface area (Å²) in [7, 11) is 3.52. The van der Waals surface area contributed by atoms with E-state index >= 15 is 4.39 Å². The number of halogens is 1. The molecule has 6 rings (SSSR count). The topological polar surface area (TPSA) is 143 Å². The van der Waals surface area contributed by atoms with Crippen molar-refractivity contribution in [1.29, 1.82) is 0 Å². The van der Waals surface area contributed by atoms with Gasteiger partial charge in [0.25, 0.3) is 5.91 Å². The van der Waals surface area contributed by atoms with E-state index in [9.17, 15) is 9.59 Å². The standard InChI is InChI=1S/C24H27FN10O2/c1-11-17-19(33-35(4)32-17)16-13(24(25)7-8-24)10-27-21(20(16)34(11)3)28-14-9-15(29-22(36)12-5-6-12)30-31-18(14)23(37)26-2/h9-12H,5-8H2,1-4H3,(H,26,37)(H2,27,28,29,30,36)/t11-/m1/s1/i2D3. The zero-order chi connectivity index (χ0) is 28.6. The van der Waals surface area contributed by atoms with Crippen LogP contribution in [0.25, 0.3) is 11.3 Å². The van der Waals surface area contributed by atoms with Gasteiger partial charge in [-0.3, -0.25) is 9.59 Å². The predicted molar refractivity (Wildman–Crippen MR) is 133 cm³/mol. The van der Waals surface area contributed by atoms with Gasteiger partial charge in [0.15, 0.2) is 17.3 Å². The van der Waals surface area contributed by atoms with Crippen molar-refractivity contribution < 1.29 is 18.1 Å². The summed E-state index contributed by atoms with van der Waals surface area (Å²) < 4.78 is 37.9. The number of aryl methyl sites for hydroxylation is 1. The van der Waals surface area contributed by atoms with Crippen molar-refractivity contribution in [3.63, 3.8) is 0 Å². The Morgan fingerprint density at radius 2 is 2.00 bits per heavy atom. The smallest absolute Gasteiger partial charge is 0.273 e. The number of nitrogens with zero attached hydrogens (tertiary/aromatic N) is 7. The highest BCUT2D eigenvalue weighted by molar-refractivity contribution is 6.01. The largest absolute Gasteiger partial charge is 0.363 e. The molecule has 2 aliphatic carbocycles. The Morgan fingerprint density at radius 1 is 1.22 bits per heavy atom. The van der Waals surface area contributed by atoms with E-state index in [1.807, 2.05) is 24.2 Å². The molecule has 0 bridgehead atoms. The van der Waals surface area contributed by atoms with Gasteiger partial charge in [0, 0.05) is 54.5 Å². The third-order valence-electron chi connectivity index (χ3n) is 7.11. The Balaban J connectivity index is 1.47. The summed E-state index contributed by atoms with van der Waals surface area (Å²) in [5, 5.41) is 24.6. The summed E-state index contributed by atoms with van der Waals surface area (Å²) in [6, 6.07) is 1.15. The van der Waals surface area contributed by atoms with Gasteiger partial charge in [-0.25, -0.2) is 9.37 Å². The fourth-order valence-corrected chi connectivity index (χ4v) is 4.63. The number of carbonyl (C=O) groups is 2. The van der Waals surface area contributed by atoms with E-state index in [2.05, 4.69) is 36.0 Å². The molecule has 3 aliphatic rings. The van der Waals surface area contributed by atoms with E-state index in [1.54, 1.807) is 7.05 Å². The molecular weight excluding hydrogens is 479 g/mol. The lowest BCUT2D eigenvalue weighted by molar-refractivity contribution is -0.117. The fraction of sp³-hybridized carbons (Fsp3) is 0.458. The third kappa shape index (κ3) is 3.85. The SMILES string of the molecule is [2H]C([2H])([2H])NC(=O)c1nnc(NC(=O)C2CC2)cc1Nc1ncc(C2(F)CC2)c2c1N(C)[C@H](C)c1nn(C)nc1-2. The molecule has 0 unspecified atom stereocenters. The first-order valence-electron chi connectivity index (χ1n) is 13.5. The molecule has 0 saturated heterocycles. The second kappa shape index (κ2) is 8.18. The Hall–Kier alpha value is -4.16. The number of alkyl halides is 1. The molecular formula is C24H27FN10O2. The number of amides is 2. The summed E-state index contributed by atoms with van der Waals surface area (Å²) in [4.78, 5) is 33.1. The highest BCUT2D eigenvalue weighted by atomic mass is 19.1. The monoisotopic (exact) mass is 509 g/mol. The maximum atomic E-state index is 15.6. The maximum absolute atomic E-state index is 15.6. The molecule has 13 heteroatoms. The van der Waals surface area contributed by atoms with Crippen molar-refractivity contribution in [2.24, 2.45) is 13.0 Å². The molecule has 12 nitrogen and oxygen atoms in total. The fourth-order valence-electron chi connectivity index (χ4n) is 4.63. The van der Waals surface area contributed by atoms with Gasteiger partial charge in [-0.2, -0.15) is 15.0 Å². The number of pyridine rings is 1. The molecule has 0 spiro atoms. The van der Waals surface area contributed by atoms with E-state index in [0.29, 0.717) is 41.0 Å². The minimum absolute atomic E-state index is 0.0534. The molecule has 1 aliphatic heterocycles. The van der Waals surface area contributed by atoms with Crippen LogP contribution in [0.2, 0.25) is 0 Å². The minimum Gasteiger partial charge on any atom is -0.363 e. The van der Waals surface area contributed by atoms with E-state index in [0.717, 1.165) is 12.8 Å². The molecule has 0 aromatic carbocycles. The van der Waals surface area contributed by atoms with E-state index in [1.165, 1.54) is 17.1 Å². The third-order valence-corrected chi connectivity index (χ3v) is 7.11. The van der Waals surface area contributed by atoms with Gasteiger partial charge in [-0.1, -0.05) is 0 Å². The molecule has 4 heterocycles. The van der Waals surface area contributed by atoms with Crippen LogP contribution >= 0.6 is 0 Å². The van der Waals surface area contributed by atoms with Gasteiger partial charge in [-0.15, -0.1) is 10.2 Å². The second-order valence-corrected chi connectivity index (χ2v) is 9.75. The number of carbonyl (C=O) groups excluding carboxylic acids is 2. The van der Waals surface area contributed by atoms with Gasteiger partial charge in [0.2, 0.25) is 5.91 Å². The first kappa shape index (κ1) is 20.0. The first-order valence-corrected chi connectivity index (χ1v) is 12.0. The van der Waals surface area contributed by atoms with Crippen LogP contribution < -0.4 is 20.9 Å². The number of hydrogen-bond acceptors (Lipinski definition) is 9. The lowest BCUT2D eigenvalue weighted by Gasteiger charge is -2.35. The van der Waals surface area contributed by atoms with Crippen LogP contribution in [0.4, 0.5) is 27.4 Å². The molecule has 3 aromatic rings. The lowest BCUT2D eigenvalue weighted by atomic mass is 9.92. The number of fused-ring (bicyclic) bond motifs is 3. The number of rotatable bonds is 6. The van der Waals surface area contributed by atoms with Gasteiger partial charge in [0.1, 0.15) is 17.1 Å². The highest BCUT2D eigenvalue weighted by Gasteiger charge is 2.49. The zero-order valence-corrected chi connectivity index (χ0v) is 20.5. The normalized spacial score (nSPS) is 20.6. The summed E-state index contributed by atoms with van der Waals surface area (Å²) in [5.41, 5.74) is 0.901. The molecule has 2 saturated carbocycles. The van der Waals surface area contributed by atoms with E-state index < -0.39 is 18.6 Å². The molecule has 2 amide bonds. The molecule has 192 valence electrons. The number of anilines is 4. The highest BCUT2D eigenvalue weighted by Crippen LogP contribution is 2.57. The molecule has 0 radical (unpaired) electrons. The van der Waals surface area contributed by atoms with Crippen molar-refractivity contribution in [1.82, 2.24) is 35.5 Å². The average molecular weight is 510 g/mol. The zero-order valence-electron chi connectivity index (χ0n) is 23.5. The number of hydrogen-bond donors (Lipinski definition) is 3. The van der Waals surface area contributed by atoms with Crippen LogP contribution in [-0.4, -0.2) is 56.0 Å². The summed E-state index contributed by atoms with van der Waals surface area (Å²) in [6.45, 7) is -0.838. The van der Waals surface area contributed by atoms with Gasteiger partial charge in [-0.05, 0) is 32.6 Å². The van der Waals surface area contributed by atoms with Crippen molar-refractivity contribution in [2.75, 3.05) is 29.6 Å². The van der Waals surface area contributed by atoms with Crippen molar-refractivity contribution in [2.45, 2.75) is 44.3 Å². The van der Waals surface area contributed by atoms with Crippen LogP contribution in [0.3, 0.4) is 0 Å². The Morgan fingerprint density at radius 3 is 2.70 bits per heavy atom. The maximum Gasteiger partial charge on any atom is 0.273 e. The molecule has 2 fully saturated rings. The molecule has 3 N–H and O–H groups in total. The number of nitrogens with one attached hydrogen (secondary N) is 3. The average Bonchev–Trinajstić information content (AvgIpc) is 3.80. The predicted octanol–water partition coefficient (Wildman–Crippen LogP) is 2.59. The lowest BCUT2D eigenvalue weighted by Crippen LogP contribution is -2.29. The Kier molecular flexibility index (Phi) is 4.41. The Labute approximate surface area is 216 Å². The van der Waals surface area contributed by atoms with Gasteiger partial charge < -0.3 is 20.9 Å². The van der Waals surface area contributed by atoms with Gasteiger partial charge >= 0.3 is 0 Å².